The van der Waals surface area contributed by atoms with Crippen molar-refractivity contribution in [3.05, 3.63) is 53.0 Å². The predicted octanol–water partition coefficient (Wildman–Crippen LogP) is 2.72. The molecule has 7 heteroatoms. The molecule has 0 aliphatic carbocycles. The zero-order valence-electron chi connectivity index (χ0n) is 15.0. The Hall–Kier alpha value is -3.09. The summed E-state index contributed by atoms with van der Waals surface area (Å²) in [5.41, 5.74) is 5.47. The summed E-state index contributed by atoms with van der Waals surface area (Å²) in [6, 6.07) is 8.35. The lowest BCUT2D eigenvalue weighted by atomic mass is 10.1. The Balaban J connectivity index is 1.78. The van der Waals surface area contributed by atoms with Gasteiger partial charge >= 0.3 is 0 Å². The van der Waals surface area contributed by atoms with Crippen LogP contribution in [-0.4, -0.2) is 24.2 Å². The fourth-order valence-corrected chi connectivity index (χ4v) is 2.39. The molecule has 2 amide bonds. The molecular weight excluding hydrogens is 336 g/mol. The van der Waals surface area contributed by atoms with Crippen LogP contribution >= 0.6 is 0 Å². The highest BCUT2D eigenvalue weighted by atomic mass is 16.5. The van der Waals surface area contributed by atoms with Crippen molar-refractivity contribution < 1.29 is 23.5 Å². The lowest BCUT2D eigenvalue weighted by Crippen LogP contribution is -2.41. The molecule has 0 radical (unpaired) electrons. The molecule has 0 atom stereocenters. The highest BCUT2D eigenvalue weighted by Gasteiger charge is 2.15. The summed E-state index contributed by atoms with van der Waals surface area (Å²) in [5.74, 6) is 0.700. The first-order valence-electron chi connectivity index (χ1n) is 8.33. The van der Waals surface area contributed by atoms with Crippen LogP contribution < -0.4 is 15.6 Å². The summed E-state index contributed by atoms with van der Waals surface area (Å²) in [6.45, 7) is 5.83. The van der Waals surface area contributed by atoms with Gasteiger partial charge in [-0.2, -0.15) is 0 Å². The number of rotatable bonds is 7. The highest BCUT2D eigenvalue weighted by Crippen LogP contribution is 2.14. The van der Waals surface area contributed by atoms with Crippen LogP contribution in [0.4, 0.5) is 0 Å². The maximum atomic E-state index is 12.1. The second-order valence-corrected chi connectivity index (χ2v) is 5.71. The van der Waals surface area contributed by atoms with Gasteiger partial charge in [0.1, 0.15) is 17.3 Å². The van der Waals surface area contributed by atoms with Crippen molar-refractivity contribution in [2.24, 2.45) is 0 Å². The molecule has 138 valence electrons. The molecule has 0 fully saturated rings. The average molecular weight is 358 g/mol. The summed E-state index contributed by atoms with van der Waals surface area (Å²) in [6.07, 6.45) is 0.00918. The van der Waals surface area contributed by atoms with Crippen molar-refractivity contribution in [1.29, 1.82) is 0 Å². The van der Waals surface area contributed by atoms with Crippen LogP contribution in [0.3, 0.4) is 0 Å². The summed E-state index contributed by atoms with van der Waals surface area (Å²) >= 11 is 0. The molecule has 2 rings (SSSR count). The molecular formula is C19H22N2O5. The minimum atomic E-state index is -0.467. The largest absolute Gasteiger partial charge is 0.494 e. The van der Waals surface area contributed by atoms with E-state index in [4.69, 9.17) is 9.15 Å². The van der Waals surface area contributed by atoms with Gasteiger partial charge in [-0.05, 0) is 51.1 Å². The van der Waals surface area contributed by atoms with Gasteiger partial charge in [-0.25, -0.2) is 0 Å². The summed E-state index contributed by atoms with van der Waals surface area (Å²) < 4.78 is 10.6. The second kappa shape index (κ2) is 8.84. The number of Topliss-reactive ketones (excluding diaryl/α,β-unsaturated/α-hetero) is 1. The number of furan rings is 1. The minimum absolute atomic E-state index is 0.0320. The molecule has 0 saturated heterocycles. The van der Waals surface area contributed by atoms with Crippen molar-refractivity contribution in [2.45, 2.75) is 33.6 Å². The van der Waals surface area contributed by atoms with Crippen LogP contribution in [-0.2, 0) is 4.79 Å². The van der Waals surface area contributed by atoms with Gasteiger partial charge < -0.3 is 9.15 Å². The van der Waals surface area contributed by atoms with E-state index < -0.39 is 11.8 Å². The van der Waals surface area contributed by atoms with E-state index in [1.54, 1.807) is 44.2 Å². The zero-order chi connectivity index (χ0) is 19.1. The number of hydrogen-bond acceptors (Lipinski definition) is 5. The topological polar surface area (TPSA) is 97.6 Å². The normalized spacial score (nSPS) is 10.3. The van der Waals surface area contributed by atoms with Crippen molar-refractivity contribution >= 4 is 17.6 Å². The molecule has 1 heterocycles. The van der Waals surface area contributed by atoms with Crippen LogP contribution in [0.15, 0.2) is 34.7 Å². The number of carbonyl (C=O) groups excluding carboxylic acids is 3. The van der Waals surface area contributed by atoms with Gasteiger partial charge in [-0.15, -0.1) is 0 Å². The Morgan fingerprint density at radius 2 is 1.73 bits per heavy atom. The fraction of sp³-hybridized carbons (Fsp3) is 0.316. The SMILES string of the molecule is CCOc1ccc(C(=O)CCC(=O)NNC(=O)c2cc(C)oc2C)cc1. The van der Waals surface area contributed by atoms with Gasteiger partial charge in [0.05, 0.1) is 12.2 Å². The zero-order valence-corrected chi connectivity index (χ0v) is 15.0. The molecule has 0 unspecified atom stereocenters. The number of benzene rings is 1. The van der Waals surface area contributed by atoms with Crippen molar-refractivity contribution in [3.8, 4) is 5.75 Å². The lowest BCUT2D eigenvalue weighted by Gasteiger charge is -2.07. The fourth-order valence-electron chi connectivity index (χ4n) is 2.39. The molecule has 0 bridgehead atoms. The van der Waals surface area contributed by atoms with Gasteiger partial charge in [0, 0.05) is 18.4 Å². The molecule has 0 aliphatic rings. The quantitative estimate of drug-likeness (QED) is 0.586. The third kappa shape index (κ3) is 5.20. The molecule has 0 aliphatic heterocycles. The minimum Gasteiger partial charge on any atom is -0.494 e. The molecule has 26 heavy (non-hydrogen) atoms. The maximum absolute atomic E-state index is 12.1. The van der Waals surface area contributed by atoms with E-state index in [2.05, 4.69) is 10.9 Å². The number of nitrogens with one attached hydrogen (secondary N) is 2. The number of ketones is 1. The van der Waals surface area contributed by atoms with Crippen LogP contribution in [0.5, 0.6) is 5.75 Å². The average Bonchev–Trinajstić information content (AvgIpc) is 2.97. The monoisotopic (exact) mass is 358 g/mol. The molecule has 1 aromatic heterocycles. The number of ether oxygens (including phenoxy) is 1. The van der Waals surface area contributed by atoms with E-state index in [1.165, 1.54) is 0 Å². The van der Waals surface area contributed by atoms with Gasteiger partial charge in [0.2, 0.25) is 5.91 Å². The van der Waals surface area contributed by atoms with E-state index >= 15 is 0 Å². The predicted molar refractivity (Wildman–Crippen MR) is 95.0 cm³/mol. The van der Waals surface area contributed by atoms with Crippen LogP contribution in [0, 0.1) is 13.8 Å². The number of amides is 2. The van der Waals surface area contributed by atoms with Gasteiger partial charge in [-0.3, -0.25) is 25.2 Å². The van der Waals surface area contributed by atoms with Crippen molar-refractivity contribution in [2.75, 3.05) is 6.61 Å². The second-order valence-electron chi connectivity index (χ2n) is 5.71. The first-order valence-corrected chi connectivity index (χ1v) is 8.33. The van der Waals surface area contributed by atoms with Crippen LogP contribution in [0.25, 0.3) is 0 Å². The Bertz CT molecular complexity index is 793. The Morgan fingerprint density at radius 1 is 1.04 bits per heavy atom. The van der Waals surface area contributed by atoms with E-state index in [9.17, 15) is 14.4 Å². The Morgan fingerprint density at radius 3 is 2.31 bits per heavy atom. The Labute approximate surface area is 151 Å². The first-order chi connectivity index (χ1) is 12.4. The molecule has 2 aromatic rings. The van der Waals surface area contributed by atoms with E-state index in [1.807, 2.05) is 6.92 Å². The molecule has 0 spiro atoms. The Kier molecular flexibility index (Phi) is 6.54. The van der Waals surface area contributed by atoms with E-state index in [0.29, 0.717) is 35.0 Å². The van der Waals surface area contributed by atoms with Gasteiger partial charge in [-0.1, -0.05) is 0 Å². The third-order valence-corrected chi connectivity index (χ3v) is 3.67. The molecule has 7 nitrogen and oxygen atoms in total. The van der Waals surface area contributed by atoms with E-state index in [-0.39, 0.29) is 18.6 Å². The summed E-state index contributed by atoms with van der Waals surface area (Å²) in [4.78, 5) is 35.9. The number of hydrazine groups is 1. The maximum Gasteiger partial charge on any atom is 0.273 e. The van der Waals surface area contributed by atoms with Crippen LogP contribution in [0.1, 0.15) is 52.0 Å². The summed E-state index contributed by atoms with van der Waals surface area (Å²) in [5, 5.41) is 0. The van der Waals surface area contributed by atoms with Crippen molar-refractivity contribution in [1.82, 2.24) is 10.9 Å². The number of aryl methyl sites for hydroxylation is 2. The molecule has 1 aromatic carbocycles. The summed E-state index contributed by atoms with van der Waals surface area (Å²) in [7, 11) is 0. The first kappa shape index (κ1) is 19.2. The van der Waals surface area contributed by atoms with Crippen molar-refractivity contribution in [3.63, 3.8) is 0 Å². The highest BCUT2D eigenvalue weighted by molar-refractivity contribution is 5.99. The van der Waals surface area contributed by atoms with Gasteiger partial charge in [0.25, 0.3) is 5.91 Å². The van der Waals surface area contributed by atoms with E-state index in [0.717, 1.165) is 0 Å². The van der Waals surface area contributed by atoms with Gasteiger partial charge in [0.15, 0.2) is 5.78 Å². The number of carbonyl (C=O) groups is 3. The van der Waals surface area contributed by atoms with Crippen LogP contribution in [0.2, 0.25) is 0 Å². The standard InChI is InChI=1S/C19H22N2O5/c1-4-25-15-7-5-14(6-8-15)17(22)9-10-18(23)20-21-19(24)16-11-12(2)26-13(16)3/h5-8,11H,4,9-10H2,1-3H3,(H,20,23)(H,21,24). The smallest absolute Gasteiger partial charge is 0.273 e. The molecule has 0 saturated carbocycles. The molecule has 2 N–H and O–H groups in total. The third-order valence-electron chi connectivity index (χ3n) is 3.67. The number of hydrogen-bond donors (Lipinski definition) is 2. The lowest BCUT2D eigenvalue weighted by molar-refractivity contribution is -0.121.